The summed E-state index contributed by atoms with van der Waals surface area (Å²) in [4.78, 5) is 0. The first-order valence-corrected chi connectivity index (χ1v) is 5.69. The van der Waals surface area contributed by atoms with Gasteiger partial charge in [-0.15, -0.1) is 0 Å². The number of aliphatic hydroxyl groups excluding tert-OH is 1. The monoisotopic (exact) mass is 223 g/mol. The van der Waals surface area contributed by atoms with E-state index in [0.717, 1.165) is 18.6 Å². The van der Waals surface area contributed by atoms with E-state index in [0.29, 0.717) is 12.6 Å². The SMILES string of the molecule is COCCC(C)NCC(O)c1ccccc1. The molecule has 0 saturated carbocycles. The Morgan fingerprint density at radius 3 is 2.62 bits per heavy atom. The molecule has 2 N–H and O–H groups in total. The van der Waals surface area contributed by atoms with Gasteiger partial charge in [-0.3, -0.25) is 0 Å². The first-order chi connectivity index (χ1) is 7.74. The van der Waals surface area contributed by atoms with Crippen LogP contribution < -0.4 is 5.32 Å². The second-order valence-electron chi connectivity index (χ2n) is 4.02. The molecule has 0 spiro atoms. The third-order valence-electron chi connectivity index (χ3n) is 2.60. The fraction of sp³-hybridized carbons (Fsp3) is 0.538. The van der Waals surface area contributed by atoms with E-state index in [1.54, 1.807) is 7.11 Å². The molecular weight excluding hydrogens is 202 g/mol. The highest BCUT2D eigenvalue weighted by molar-refractivity contribution is 5.17. The first-order valence-electron chi connectivity index (χ1n) is 5.69. The largest absolute Gasteiger partial charge is 0.387 e. The van der Waals surface area contributed by atoms with E-state index in [2.05, 4.69) is 12.2 Å². The van der Waals surface area contributed by atoms with Gasteiger partial charge in [-0.2, -0.15) is 0 Å². The van der Waals surface area contributed by atoms with Gasteiger partial charge in [0.2, 0.25) is 0 Å². The fourth-order valence-electron chi connectivity index (χ4n) is 1.50. The summed E-state index contributed by atoms with van der Waals surface area (Å²) in [5.74, 6) is 0. The van der Waals surface area contributed by atoms with Gasteiger partial charge < -0.3 is 15.2 Å². The second kappa shape index (κ2) is 7.39. The van der Waals surface area contributed by atoms with Crippen molar-refractivity contribution < 1.29 is 9.84 Å². The molecule has 0 aliphatic rings. The molecule has 2 atom stereocenters. The van der Waals surface area contributed by atoms with E-state index in [1.165, 1.54) is 0 Å². The standard InChI is InChI=1S/C13H21NO2/c1-11(8-9-16-2)14-10-13(15)12-6-4-3-5-7-12/h3-7,11,13-15H,8-10H2,1-2H3. The molecule has 0 aliphatic carbocycles. The predicted octanol–water partition coefficient (Wildman–Crippen LogP) is 1.73. The zero-order valence-electron chi connectivity index (χ0n) is 10.0. The van der Waals surface area contributed by atoms with Crippen LogP contribution in [0, 0.1) is 0 Å². The van der Waals surface area contributed by atoms with Crippen molar-refractivity contribution in [1.29, 1.82) is 0 Å². The van der Waals surface area contributed by atoms with Crippen LogP contribution in [0.2, 0.25) is 0 Å². The van der Waals surface area contributed by atoms with Crippen molar-refractivity contribution in [2.45, 2.75) is 25.5 Å². The highest BCUT2D eigenvalue weighted by atomic mass is 16.5. The number of aliphatic hydroxyl groups is 1. The van der Waals surface area contributed by atoms with Crippen LogP contribution in [0.15, 0.2) is 30.3 Å². The molecule has 0 saturated heterocycles. The minimum Gasteiger partial charge on any atom is -0.387 e. The van der Waals surface area contributed by atoms with Crippen LogP contribution in [0.4, 0.5) is 0 Å². The normalized spacial score (nSPS) is 14.7. The smallest absolute Gasteiger partial charge is 0.0914 e. The third-order valence-corrected chi connectivity index (χ3v) is 2.60. The number of methoxy groups -OCH3 is 1. The van der Waals surface area contributed by atoms with Gasteiger partial charge >= 0.3 is 0 Å². The van der Waals surface area contributed by atoms with Crippen molar-refractivity contribution in [2.75, 3.05) is 20.3 Å². The van der Waals surface area contributed by atoms with Gasteiger partial charge in [-0.25, -0.2) is 0 Å². The van der Waals surface area contributed by atoms with Gasteiger partial charge in [-0.1, -0.05) is 30.3 Å². The lowest BCUT2D eigenvalue weighted by Crippen LogP contribution is -2.31. The van der Waals surface area contributed by atoms with E-state index in [4.69, 9.17) is 4.74 Å². The second-order valence-corrected chi connectivity index (χ2v) is 4.02. The Bertz CT molecular complexity index is 277. The van der Waals surface area contributed by atoms with Gasteiger partial charge in [0.05, 0.1) is 6.10 Å². The summed E-state index contributed by atoms with van der Waals surface area (Å²) >= 11 is 0. The zero-order valence-corrected chi connectivity index (χ0v) is 10.0. The maximum atomic E-state index is 9.90. The van der Waals surface area contributed by atoms with Crippen molar-refractivity contribution in [1.82, 2.24) is 5.32 Å². The predicted molar refractivity (Wildman–Crippen MR) is 65.4 cm³/mol. The topological polar surface area (TPSA) is 41.5 Å². The molecule has 0 amide bonds. The van der Waals surface area contributed by atoms with Gasteiger partial charge in [0.15, 0.2) is 0 Å². The zero-order chi connectivity index (χ0) is 11.8. The summed E-state index contributed by atoms with van der Waals surface area (Å²) in [6, 6.07) is 10.1. The van der Waals surface area contributed by atoms with Crippen molar-refractivity contribution in [2.24, 2.45) is 0 Å². The summed E-state index contributed by atoms with van der Waals surface area (Å²) in [6.45, 7) is 3.42. The number of ether oxygens (including phenoxy) is 1. The maximum absolute atomic E-state index is 9.90. The van der Waals surface area contributed by atoms with Crippen molar-refractivity contribution in [3.63, 3.8) is 0 Å². The lowest BCUT2D eigenvalue weighted by atomic mass is 10.1. The van der Waals surface area contributed by atoms with Crippen molar-refractivity contribution >= 4 is 0 Å². The molecule has 16 heavy (non-hydrogen) atoms. The molecule has 3 heteroatoms. The maximum Gasteiger partial charge on any atom is 0.0914 e. The van der Waals surface area contributed by atoms with Crippen LogP contribution in [-0.4, -0.2) is 31.4 Å². The summed E-state index contributed by atoms with van der Waals surface area (Å²) in [6.07, 6.45) is 0.518. The quantitative estimate of drug-likeness (QED) is 0.739. The molecule has 90 valence electrons. The Morgan fingerprint density at radius 2 is 2.00 bits per heavy atom. The molecule has 0 aliphatic heterocycles. The van der Waals surface area contributed by atoms with Crippen LogP contribution in [0.25, 0.3) is 0 Å². The van der Waals surface area contributed by atoms with Crippen molar-refractivity contribution in [3.8, 4) is 0 Å². The van der Waals surface area contributed by atoms with Gasteiger partial charge in [0.25, 0.3) is 0 Å². The molecule has 0 fully saturated rings. The molecule has 0 heterocycles. The van der Waals surface area contributed by atoms with Crippen LogP contribution in [0.5, 0.6) is 0 Å². The average molecular weight is 223 g/mol. The Hall–Kier alpha value is -0.900. The van der Waals surface area contributed by atoms with Gasteiger partial charge in [0.1, 0.15) is 0 Å². The molecule has 3 nitrogen and oxygen atoms in total. The summed E-state index contributed by atoms with van der Waals surface area (Å²) < 4.78 is 5.00. The lowest BCUT2D eigenvalue weighted by Gasteiger charge is -2.17. The molecule has 0 radical (unpaired) electrons. The van der Waals surface area contributed by atoms with Crippen LogP contribution in [-0.2, 0) is 4.74 Å². The lowest BCUT2D eigenvalue weighted by molar-refractivity contribution is 0.158. The Kier molecular flexibility index (Phi) is 6.08. The Morgan fingerprint density at radius 1 is 1.31 bits per heavy atom. The first kappa shape index (κ1) is 13.2. The molecule has 1 aromatic rings. The minimum absolute atomic E-state index is 0.360. The molecule has 1 aromatic carbocycles. The van der Waals surface area contributed by atoms with E-state index in [1.807, 2.05) is 30.3 Å². The number of hydrogen-bond acceptors (Lipinski definition) is 3. The van der Waals surface area contributed by atoms with Gasteiger partial charge in [-0.05, 0) is 18.9 Å². The number of hydrogen-bond donors (Lipinski definition) is 2. The average Bonchev–Trinajstić information content (AvgIpc) is 2.34. The molecule has 0 aromatic heterocycles. The number of nitrogens with one attached hydrogen (secondary N) is 1. The van der Waals surface area contributed by atoms with Gasteiger partial charge in [0, 0.05) is 26.3 Å². The molecule has 0 bridgehead atoms. The molecule has 1 rings (SSSR count). The number of rotatable bonds is 7. The summed E-state index contributed by atoms with van der Waals surface area (Å²) in [5.41, 5.74) is 0.953. The van der Waals surface area contributed by atoms with E-state index in [-0.39, 0.29) is 0 Å². The Labute approximate surface area is 97.4 Å². The Balaban J connectivity index is 2.27. The molecule has 2 unspecified atom stereocenters. The number of benzene rings is 1. The highest BCUT2D eigenvalue weighted by Gasteiger charge is 2.08. The molecular formula is C13H21NO2. The van der Waals surface area contributed by atoms with E-state index < -0.39 is 6.10 Å². The third kappa shape index (κ3) is 4.75. The van der Waals surface area contributed by atoms with Crippen LogP contribution in [0.1, 0.15) is 25.0 Å². The van der Waals surface area contributed by atoms with Crippen LogP contribution >= 0.6 is 0 Å². The van der Waals surface area contributed by atoms with Crippen LogP contribution in [0.3, 0.4) is 0 Å². The summed E-state index contributed by atoms with van der Waals surface area (Å²) in [7, 11) is 1.70. The summed E-state index contributed by atoms with van der Waals surface area (Å²) in [5, 5.41) is 13.2. The van der Waals surface area contributed by atoms with E-state index >= 15 is 0 Å². The van der Waals surface area contributed by atoms with Crippen molar-refractivity contribution in [3.05, 3.63) is 35.9 Å². The fourth-order valence-corrected chi connectivity index (χ4v) is 1.50. The highest BCUT2D eigenvalue weighted by Crippen LogP contribution is 2.10. The van der Waals surface area contributed by atoms with E-state index in [9.17, 15) is 5.11 Å². The minimum atomic E-state index is -0.439.